The first-order chi connectivity index (χ1) is 16.6. The Bertz CT molecular complexity index is 905. The summed E-state index contributed by atoms with van der Waals surface area (Å²) in [5, 5.41) is 12.2. The molecule has 192 valence electrons. The number of hydrogen-bond donors (Lipinski definition) is 2. The smallest absolute Gasteiger partial charge is 0.408 e. The molecule has 1 amide bonds. The predicted molar refractivity (Wildman–Crippen MR) is 139 cm³/mol. The van der Waals surface area contributed by atoms with E-state index >= 15 is 0 Å². The summed E-state index contributed by atoms with van der Waals surface area (Å²) in [6, 6.07) is 18.5. The van der Waals surface area contributed by atoms with E-state index in [0.717, 1.165) is 30.6 Å². The van der Waals surface area contributed by atoms with Crippen molar-refractivity contribution in [3.05, 3.63) is 65.7 Å². The number of unbranched alkanes of at least 4 members (excludes halogenated alkanes) is 1. The highest BCUT2D eigenvalue weighted by Gasteiger charge is 2.32. The second kappa shape index (κ2) is 13.8. The van der Waals surface area contributed by atoms with Crippen LogP contribution < -0.4 is 10.1 Å². The number of hydrogen-bond acceptors (Lipinski definition) is 4. The lowest BCUT2D eigenvalue weighted by atomic mass is 9.84. The fourth-order valence-corrected chi connectivity index (χ4v) is 3.96. The molecule has 0 saturated heterocycles. The van der Waals surface area contributed by atoms with Crippen LogP contribution in [-0.4, -0.2) is 34.9 Å². The highest BCUT2D eigenvalue weighted by molar-refractivity contribution is 5.70. The molecule has 0 heterocycles. The molecule has 2 N–H and O–H groups in total. The minimum absolute atomic E-state index is 0.0132. The Hall–Kier alpha value is -3.02. The van der Waals surface area contributed by atoms with Gasteiger partial charge in [-0.3, -0.25) is 4.79 Å². The third-order valence-electron chi connectivity index (χ3n) is 6.05. The Kier molecular flexibility index (Phi) is 11.1. The number of ether oxygens (including phenoxy) is 2. The van der Waals surface area contributed by atoms with Crippen LogP contribution >= 0.6 is 0 Å². The van der Waals surface area contributed by atoms with Gasteiger partial charge in [-0.1, -0.05) is 49.4 Å². The number of carbonyl (C=O) groups excluding carboxylic acids is 1. The molecular formula is C29H41NO5. The van der Waals surface area contributed by atoms with Gasteiger partial charge in [-0.25, -0.2) is 4.79 Å². The first-order valence-corrected chi connectivity index (χ1v) is 12.6. The lowest BCUT2D eigenvalue weighted by Gasteiger charge is -2.34. The predicted octanol–water partition coefficient (Wildman–Crippen LogP) is 6.56. The summed E-state index contributed by atoms with van der Waals surface area (Å²) in [5.41, 5.74) is 1.20. The van der Waals surface area contributed by atoms with E-state index in [4.69, 9.17) is 9.47 Å². The SMILES string of the molecule is CCC(CCC(=O)O)(CCc1ccc(OCCCCc2ccccc2)cc1)NC(=O)OC(C)(C)C. The summed E-state index contributed by atoms with van der Waals surface area (Å²) in [4.78, 5) is 23.7. The molecule has 2 aromatic carbocycles. The van der Waals surface area contributed by atoms with Crippen LogP contribution in [0, 0.1) is 0 Å². The normalized spacial score (nSPS) is 13.0. The second-order valence-corrected chi connectivity index (χ2v) is 10.1. The molecule has 0 aliphatic heterocycles. The number of aliphatic carboxylic acids is 1. The van der Waals surface area contributed by atoms with Crippen molar-refractivity contribution < 1.29 is 24.2 Å². The molecule has 0 aromatic heterocycles. The highest BCUT2D eigenvalue weighted by atomic mass is 16.6. The monoisotopic (exact) mass is 483 g/mol. The van der Waals surface area contributed by atoms with Crippen LogP contribution in [0.25, 0.3) is 0 Å². The van der Waals surface area contributed by atoms with E-state index in [2.05, 4.69) is 29.6 Å². The van der Waals surface area contributed by atoms with Gasteiger partial charge in [-0.15, -0.1) is 0 Å². The van der Waals surface area contributed by atoms with Crippen molar-refractivity contribution in [2.24, 2.45) is 0 Å². The second-order valence-electron chi connectivity index (χ2n) is 10.1. The summed E-state index contributed by atoms with van der Waals surface area (Å²) in [6.07, 6.45) is 4.91. The summed E-state index contributed by atoms with van der Waals surface area (Å²) in [5.74, 6) is -0.0351. The number of alkyl carbamates (subject to hydrolysis) is 1. The first-order valence-electron chi connectivity index (χ1n) is 12.6. The highest BCUT2D eigenvalue weighted by Crippen LogP contribution is 2.26. The number of aryl methyl sites for hydroxylation is 2. The first kappa shape index (κ1) is 28.2. The number of amides is 1. The van der Waals surface area contributed by atoms with Gasteiger partial charge in [0, 0.05) is 12.0 Å². The van der Waals surface area contributed by atoms with Gasteiger partial charge in [0.15, 0.2) is 0 Å². The Balaban J connectivity index is 1.86. The molecule has 0 aliphatic carbocycles. The van der Waals surface area contributed by atoms with Gasteiger partial charge in [0.25, 0.3) is 0 Å². The van der Waals surface area contributed by atoms with Crippen LogP contribution in [0.5, 0.6) is 5.75 Å². The number of carboxylic acids is 1. The fourth-order valence-electron chi connectivity index (χ4n) is 3.96. The van der Waals surface area contributed by atoms with E-state index in [0.29, 0.717) is 32.3 Å². The molecule has 6 heteroatoms. The van der Waals surface area contributed by atoms with Gasteiger partial charge in [0.1, 0.15) is 11.4 Å². The van der Waals surface area contributed by atoms with Crippen LogP contribution in [-0.2, 0) is 22.4 Å². The van der Waals surface area contributed by atoms with Crippen molar-refractivity contribution in [3.8, 4) is 5.75 Å². The van der Waals surface area contributed by atoms with Gasteiger partial charge in [0.05, 0.1) is 6.61 Å². The number of nitrogens with one attached hydrogen (secondary N) is 1. The Morgan fingerprint density at radius 2 is 1.54 bits per heavy atom. The summed E-state index contributed by atoms with van der Waals surface area (Å²) in [6.45, 7) is 8.08. The lowest BCUT2D eigenvalue weighted by Crippen LogP contribution is -2.50. The average molecular weight is 484 g/mol. The van der Waals surface area contributed by atoms with Crippen LogP contribution in [0.3, 0.4) is 0 Å². The Labute approximate surface area is 210 Å². The molecule has 0 radical (unpaired) electrons. The number of benzene rings is 2. The van der Waals surface area contributed by atoms with Crippen molar-refractivity contribution >= 4 is 12.1 Å². The maximum Gasteiger partial charge on any atom is 0.408 e. The quantitative estimate of drug-likeness (QED) is 0.297. The molecule has 1 atom stereocenters. The van der Waals surface area contributed by atoms with Gasteiger partial charge < -0.3 is 19.9 Å². The van der Waals surface area contributed by atoms with Gasteiger partial charge in [0.2, 0.25) is 0 Å². The average Bonchev–Trinajstić information content (AvgIpc) is 2.81. The van der Waals surface area contributed by atoms with Gasteiger partial charge >= 0.3 is 12.1 Å². The third-order valence-corrected chi connectivity index (χ3v) is 6.05. The number of carbonyl (C=O) groups is 2. The van der Waals surface area contributed by atoms with E-state index in [-0.39, 0.29) is 6.42 Å². The number of rotatable bonds is 14. The van der Waals surface area contributed by atoms with Crippen LogP contribution in [0.4, 0.5) is 4.79 Å². The standard InChI is InChI=1S/C29H41NO5/c1-5-29(21-19-26(31)32,30-27(33)35-28(2,3)4)20-18-24-14-16-25(17-15-24)34-22-10-9-13-23-11-7-6-8-12-23/h6-8,11-12,14-17H,5,9-10,13,18-22H2,1-4H3,(H,30,33)(H,31,32). The summed E-state index contributed by atoms with van der Waals surface area (Å²) < 4.78 is 11.3. The van der Waals surface area contributed by atoms with Crippen LogP contribution in [0.2, 0.25) is 0 Å². The van der Waals surface area contributed by atoms with Crippen molar-refractivity contribution in [1.29, 1.82) is 0 Å². The van der Waals surface area contributed by atoms with E-state index in [1.807, 2.05) is 58.0 Å². The number of carboxylic acid groups (broad SMARTS) is 1. The fraction of sp³-hybridized carbons (Fsp3) is 0.517. The zero-order valence-corrected chi connectivity index (χ0v) is 21.6. The maximum atomic E-state index is 12.5. The molecule has 2 aromatic rings. The molecule has 0 saturated carbocycles. The Morgan fingerprint density at radius 1 is 0.886 bits per heavy atom. The van der Waals surface area contributed by atoms with Crippen molar-refractivity contribution in [2.45, 2.75) is 90.2 Å². The largest absolute Gasteiger partial charge is 0.494 e. The van der Waals surface area contributed by atoms with E-state index in [1.165, 1.54) is 5.56 Å². The maximum absolute atomic E-state index is 12.5. The minimum Gasteiger partial charge on any atom is -0.494 e. The van der Waals surface area contributed by atoms with Crippen LogP contribution in [0.1, 0.15) is 77.3 Å². The molecular weight excluding hydrogens is 442 g/mol. The topological polar surface area (TPSA) is 84.9 Å². The van der Waals surface area contributed by atoms with E-state index < -0.39 is 23.2 Å². The molecule has 0 aliphatic rings. The van der Waals surface area contributed by atoms with Gasteiger partial charge in [-0.05, 0) is 89.0 Å². The third kappa shape index (κ3) is 11.3. The molecule has 1 unspecified atom stereocenters. The van der Waals surface area contributed by atoms with Gasteiger partial charge in [-0.2, -0.15) is 0 Å². The van der Waals surface area contributed by atoms with Crippen LogP contribution in [0.15, 0.2) is 54.6 Å². The zero-order valence-electron chi connectivity index (χ0n) is 21.6. The van der Waals surface area contributed by atoms with E-state index in [1.54, 1.807) is 0 Å². The summed E-state index contributed by atoms with van der Waals surface area (Å²) >= 11 is 0. The van der Waals surface area contributed by atoms with Crippen molar-refractivity contribution in [3.63, 3.8) is 0 Å². The van der Waals surface area contributed by atoms with Crippen molar-refractivity contribution in [1.82, 2.24) is 5.32 Å². The Morgan fingerprint density at radius 3 is 2.14 bits per heavy atom. The molecule has 35 heavy (non-hydrogen) atoms. The molecule has 6 nitrogen and oxygen atoms in total. The molecule has 2 rings (SSSR count). The lowest BCUT2D eigenvalue weighted by molar-refractivity contribution is -0.137. The molecule has 0 bridgehead atoms. The van der Waals surface area contributed by atoms with E-state index in [9.17, 15) is 14.7 Å². The molecule has 0 spiro atoms. The van der Waals surface area contributed by atoms with Crippen molar-refractivity contribution in [2.75, 3.05) is 6.61 Å². The zero-order chi connectivity index (χ0) is 25.7. The minimum atomic E-state index is -0.876. The summed E-state index contributed by atoms with van der Waals surface area (Å²) in [7, 11) is 0. The molecule has 0 fully saturated rings.